The number of piperazine rings is 2. The smallest absolute Gasteiger partial charge is 0.243 e. The Kier molecular flexibility index (Phi) is 5.71. The van der Waals surface area contributed by atoms with E-state index >= 15 is 0 Å². The van der Waals surface area contributed by atoms with Crippen LogP contribution in [0.5, 0.6) is 0 Å². The summed E-state index contributed by atoms with van der Waals surface area (Å²) in [4.78, 5) is 16.0. The Morgan fingerprint density at radius 1 is 0.719 bits per heavy atom. The quantitative estimate of drug-likeness (QED) is 0.599. The Labute approximate surface area is 189 Å². The molecule has 168 valence electrons. The number of aromatic nitrogens is 2. The lowest BCUT2D eigenvalue weighted by atomic mass is 10.1. The lowest BCUT2D eigenvalue weighted by molar-refractivity contribution is 0.312. The van der Waals surface area contributed by atoms with Crippen molar-refractivity contribution in [1.29, 1.82) is 0 Å². The summed E-state index contributed by atoms with van der Waals surface area (Å²) in [5, 5.41) is 1.97. The minimum absolute atomic E-state index is 0.351. The first-order valence-electron chi connectivity index (χ1n) is 11.0. The van der Waals surface area contributed by atoms with Gasteiger partial charge in [-0.3, -0.25) is 0 Å². The summed E-state index contributed by atoms with van der Waals surface area (Å²) in [5.41, 5.74) is 0. The van der Waals surface area contributed by atoms with E-state index in [-0.39, 0.29) is 0 Å². The molecule has 8 nitrogen and oxygen atoms in total. The van der Waals surface area contributed by atoms with E-state index in [2.05, 4.69) is 31.7 Å². The van der Waals surface area contributed by atoms with Gasteiger partial charge in [0, 0.05) is 58.4 Å². The van der Waals surface area contributed by atoms with E-state index in [9.17, 15) is 8.42 Å². The van der Waals surface area contributed by atoms with Crippen molar-refractivity contribution in [2.24, 2.45) is 0 Å². The maximum Gasteiger partial charge on any atom is 0.243 e. The largest absolute Gasteiger partial charge is 0.354 e. The molecule has 0 saturated carbocycles. The molecule has 3 heterocycles. The van der Waals surface area contributed by atoms with Crippen molar-refractivity contribution >= 4 is 32.4 Å². The standard InChI is InChI=1S/C23H28N6O2S/c1-26-8-10-27(11-9-26)22-17-23(25-18-24-22)28-12-14-29(15-13-28)32(30,31)21-7-6-19-4-2-3-5-20(19)16-21/h2-7,16-18H,8-15H2,1H3. The Hall–Kier alpha value is -2.75. The fraction of sp³-hybridized carbons (Fsp3) is 0.391. The molecule has 2 aromatic carbocycles. The minimum Gasteiger partial charge on any atom is -0.354 e. The highest BCUT2D eigenvalue weighted by atomic mass is 32.2. The van der Waals surface area contributed by atoms with Crippen LogP contribution in [0.1, 0.15) is 0 Å². The van der Waals surface area contributed by atoms with Gasteiger partial charge in [-0.15, -0.1) is 0 Å². The predicted octanol–water partition coefficient (Wildman–Crippen LogP) is 1.89. The van der Waals surface area contributed by atoms with Crippen molar-refractivity contribution in [3.8, 4) is 0 Å². The minimum atomic E-state index is -3.53. The zero-order valence-corrected chi connectivity index (χ0v) is 19.1. The Morgan fingerprint density at radius 2 is 1.31 bits per heavy atom. The molecule has 2 fully saturated rings. The van der Waals surface area contributed by atoms with Gasteiger partial charge in [0.1, 0.15) is 18.0 Å². The topological polar surface area (TPSA) is 72.9 Å². The molecule has 0 N–H and O–H groups in total. The molecular formula is C23H28N6O2S. The molecule has 0 bridgehead atoms. The number of nitrogens with zero attached hydrogens (tertiary/aromatic N) is 6. The van der Waals surface area contributed by atoms with Gasteiger partial charge in [0.15, 0.2) is 0 Å². The Morgan fingerprint density at radius 3 is 1.97 bits per heavy atom. The Balaban J connectivity index is 1.28. The third-order valence-electron chi connectivity index (χ3n) is 6.39. The summed E-state index contributed by atoms with van der Waals surface area (Å²) in [5.74, 6) is 1.80. The van der Waals surface area contributed by atoms with Gasteiger partial charge in [-0.1, -0.05) is 30.3 Å². The van der Waals surface area contributed by atoms with Crippen molar-refractivity contribution in [2.75, 3.05) is 69.2 Å². The highest BCUT2D eigenvalue weighted by Crippen LogP contribution is 2.25. The summed E-state index contributed by atoms with van der Waals surface area (Å²) in [6.45, 7) is 6.01. The molecule has 32 heavy (non-hydrogen) atoms. The van der Waals surface area contributed by atoms with E-state index < -0.39 is 10.0 Å². The molecule has 3 aromatic rings. The van der Waals surface area contributed by atoms with Crippen molar-refractivity contribution in [1.82, 2.24) is 19.2 Å². The average Bonchev–Trinajstić information content (AvgIpc) is 2.84. The molecule has 9 heteroatoms. The molecule has 0 radical (unpaired) electrons. The normalized spacial score (nSPS) is 18.9. The maximum absolute atomic E-state index is 13.2. The summed E-state index contributed by atoms with van der Waals surface area (Å²) in [6, 6.07) is 15.2. The molecule has 0 amide bonds. The van der Waals surface area contributed by atoms with Crippen LogP contribution in [-0.4, -0.2) is 87.0 Å². The van der Waals surface area contributed by atoms with Crippen LogP contribution < -0.4 is 9.80 Å². The Bertz CT molecular complexity index is 1200. The molecule has 1 aromatic heterocycles. The van der Waals surface area contributed by atoms with Crippen LogP contribution in [0.15, 0.2) is 59.8 Å². The van der Waals surface area contributed by atoms with E-state index in [0.29, 0.717) is 31.1 Å². The molecule has 2 aliphatic rings. The SMILES string of the molecule is CN1CCN(c2cc(N3CCN(S(=O)(=O)c4ccc5ccccc5c4)CC3)ncn2)CC1. The monoisotopic (exact) mass is 452 g/mol. The fourth-order valence-electron chi connectivity index (χ4n) is 4.35. The van der Waals surface area contributed by atoms with Crippen LogP contribution in [0.4, 0.5) is 11.6 Å². The lowest BCUT2D eigenvalue weighted by Crippen LogP contribution is -2.49. The molecule has 0 unspecified atom stereocenters. The molecule has 0 aliphatic carbocycles. The second-order valence-corrected chi connectivity index (χ2v) is 10.4. The summed E-state index contributed by atoms with van der Waals surface area (Å²) in [6.07, 6.45) is 1.61. The number of hydrogen-bond acceptors (Lipinski definition) is 7. The van der Waals surface area contributed by atoms with E-state index in [0.717, 1.165) is 48.6 Å². The van der Waals surface area contributed by atoms with E-state index in [1.807, 2.05) is 36.4 Å². The number of fused-ring (bicyclic) bond motifs is 1. The van der Waals surface area contributed by atoms with E-state index in [1.54, 1.807) is 22.8 Å². The van der Waals surface area contributed by atoms with Crippen molar-refractivity contribution in [3.63, 3.8) is 0 Å². The fourth-order valence-corrected chi connectivity index (χ4v) is 5.81. The van der Waals surface area contributed by atoms with Gasteiger partial charge in [0.05, 0.1) is 4.90 Å². The lowest BCUT2D eigenvalue weighted by Gasteiger charge is -2.36. The highest BCUT2D eigenvalue weighted by Gasteiger charge is 2.29. The molecule has 5 rings (SSSR count). The molecule has 2 aliphatic heterocycles. The third kappa shape index (κ3) is 4.15. The summed E-state index contributed by atoms with van der Waals surface area (Å²) < 4.78 is 28.0. The van der Waals surface area contributed by atoms with Gasteiger partial charge < -0.3 is 14.7 Å². The van der Waals surface area contributed by atoms with Crippen LogP contribution in [0.25, 0.3) is 10.8 Å². The van der Waals surface area contributed by atoms with Crippen molar-refractivity contribution in [2.45, 2.75) is 4.90 Å². The molecule has 0 spiro atoms. The number of benzene rings is 2. The molecule has 2 saturated heterocycles. The predicted molar refractivity (Wildman–Crippen MR) is 127 cm³/mol. The van der Waals surface area contributed by atoms with Gasteiger partial charge in [0.25, 0.3) is 0 Å². The average molecular weight is 453 g/mol. The van der Waals surface area contributed by atoms with Crippen LogP contribution in [0.2, 0.25) is 0 Å². The number of rotatable bonds is 4. The highest BCUT2D eigenvalue weighted by molar-refractivity contribution is 7.89. The third-order valence-corrected chi connectivity index (χ3v) is 8.28. The van der Waals surface area contributed by atoms with Crippen LogP contribution in [0.3, 0.4) is 0 Å². The van der Waals surface area contributed by atoms with Crippen molar-refractivity contribution < 1.29 is 8.42 Å². The van der Waals surface area contributed by atoms with E-state index in [1.165, 1.54) is 0 Å². The summed E-state index contributed by atoms with van der Waals surface area (Å²) >= 11 is 0. The maximum atomic E-state index is 13.2. The first-order chi connectivity index (χ1) is 15.5. The molecular weight excluding hydrogens is 424 g/mol. The van der Waals surface area contributed by atoms with Crippen molar-refractivity contribution in [3.05, 3.63) is 54.9 Å². The van der Waals surface area contributed by atoms with Crippen LogP contribution in [0, 0.1) is 0 Å². The van der Waals surface area contributed by atoms with Gasteiger partial charge in [-0.2, -0.15) is 4.31 Å². The van der Waals surface area contributed by atoms with E-state index in [4.69, 9.17) is 0 Å². The summed E-state index contributed by atoms with van der Waals surface area (Å²) in [7, 11) is -1.40. The second kappa shape index (κ2) is 8.65. The number of hydrogen-bond donors (Lipinski definition) is 0. The first-order valence-corrected chi connectivity index (χ1v) is 12.4. The molecule has 0 atom stereocenters. The van der Waals surface area contributed by atoms with Gasteiger partial charge in [0.2, 0.25) is 10.0 Å². The van der Waals surface area contributed by atoms with Crippen LogP contribution in [-0.2, 0) is 10.0 Å². The zero-order chi connectivity index (χ0) is 22.1. The number of anilines is 2. The number of likely N-dealkylation sites (N-methyl/N-ethyl adjacent to an activating group) is 1. The van der Waals surface area contributed by atoms with Gasteiger partial charge in [-0.05, 0) is 30.0 Å². The first kappa shape index (κ1) is 21.1. The second-order valence-electron chi connectivity index (χ2n) is 8.42. The number of sulfonamides is 1. The zero-order valence-electron chi connectivity index (χ0n) is 18.3. The van der Waals surface area contributed by atoms with Gasteiger partial charge >= 0.3 is 0 Å². The van der Waals surface area contributed by atoms with Crippen LogP contribution >= 0.6 is 0 Å². The van der Waals surface area contributed by atoms with Gasteiger partial charge in [-0.25, -0.2) is 18.4 Å².